The summed E-state index contributed by atoms with van der Waals surface area (Å²) in [5, 5.41) is 0. The summed E-state index contributed by atoms with van der Waals surface area (Å²) >= 11 is 0. The molecular formula is C18H22O3. The zero-order valence-corrected chi connectivity index (χ0v) is 12.9. The SMILES string of the molecule is COc1cccc(OCCCOc2ccc(C)cc2C)c1. The fourth-order valence-electron chi connectivity index (χ4n) is 2.08. The third kappa shape index (κ3) is 4.71. The summed E-state index contributed by atoms with van der Waals surface area (Å²) in [6.45, 7) is 5.42. The van der Waals surface area contributed by atoms with E-state index in [0.29, 0.717) is 13.2 Å². The standard InChI is InChI=1S/C18H22O3/c1-14-8-9-18(15(2)12-14)21-11-5-10-20-17-7-4-6-16(13-17)19-3/h4,6-9,12-13H,5,10-11H2,1-3H3. The summed E-state index contributed by atoms with van der Waals surface area (Å²) in [6.07, 6.45) is 0.838. The molecule has 0 saturated carbocycles. The zero-order chi connectivity index (χ0) is 15.1. The Balaban J connectivity index is 1.72. The Hall–Kier alpha value is -2.16. The highest BCUT2D eigenvalue weighted by molar-refractivity contribution is 5.35. The molecule has 0 atom stereocenters. The Morgan fingerprint density at radius 1 is 0.857 bits per heavy atom. The van der Waals surface area contributed by atoms with Crippen molar-refractivity contribution in [2.24, 2.45) is 0 Å². The molecule has 0 bridgehead atoms. The van der Waals surface area contributed by atoms with Gasteiger partial charge in [-0.3, -0.25) is 0 Å². The van der Waals surface area contributed by atoms with Crippen LogP contribution in [0.5, 0.6) is 17.2 Å². The lowest BCUT2D eigenvalue weighted by molar-refractivity contribution is 0.246. The quantitative estimate of drug-likeness (QED) is 0.715. The first-order chi connectivity index (χ1) is 10.2. The first-order valence-electron chi connectivity index (χ1n) is 7.16. The highest BCUT2D eigenvalue weighted by atomic mass is 16.5. The molecule has 112 valence electrons. The van der Waals surface area contributed by atoms with Crippen molar-refractivity contribution in [3.8, 4) is 17.2 Å². The molecule has 21 heavy (non-hydrogen) atoms. The molecule has 2 aromatic rings. The largest absolute Gasteiger partial charge is 0.497 e. The molecule has 3 nitrogen and oxygen atoms in total. The molecule has 0 aliphatic rings. The molecule has 0 saturated heterocycles. The molecule has 0 aromatic heterocycles. The van der Waals surface area contributed by atoms with E-state index in [0.717, 1.165) is 23.7 Å². The van der Waals surface area contributed by atoms with Gasteiger partial charge in [0.05, 0.1) is 20.3 Å². The summed E-state index contributed by atoms with van der Waals surface area (Å²) < 4.78 is 16.6. The normalized spacial score (nSPS) is 10.2. The lowest BCUT2D eigenvalue weighted by atomic mass is 10.1. The lowest BCUT2D eigenvalue weighted by Crippen LogP contribution is -2.05. The highest BCUT2D eigenvalue weighted by Crippen LogP contribution is 2.20. The fraction of sp³-hybridized carbons (Fsp3) is 0.333. The summed E-state index contributed by atoms with van der Waals surface area (Å²) in [4.78, 5) is 0. The molecule has 2 rings (SSSR count). The van der Waals surface area contributed by atoms with Crippen molar-refractivity contribution in [1.29, 1.82) is 0 Å². The maximum absolute atomic E-state index is 5.77. The Morgan fingerprint density at radius 2 is 1.62 bits per heavy atom. The molecule has 0 spiro atoms. The molecule has 0 fully saturated rings. The number of ether oxygens (including phenoxy) is 3. The summed E-state index contributed by atoms with van der Waals surface area (Å²) in [6, 6.07) is 13.8. The van der Waals surface area contributed by atoms with Gasteiger partial charge in [0.15, 0.2) is 0 Å². The number of rotatable bonds is 7. The Morgan fingerprint density at radius 3 is 2.38 bits per heavy atom. The minimum atomic E-state index is 0.623. The smallest absolute Gasteiger partial charge is 0.122 e. The van der Waals surface area contributed by atoms with Gasteiger partial charge in [0, 0.05) is 12.5 Å². The molecular weight excluding hydrogens is 264 g/mol. The molecule has 3 heteroatoms. The van der Waals surface area contributed by atoms with Gasteiger partial charge in [-0.1, -0.05) is 23.8 Å². The molecule has 0 aliphatic heterocycles. The fourth-order valence-corrected chi connectivity index (χ4v) is 2.08. The Labute approximate surface area is 126 Å². The van der Waals surface area contributed by atoms with Crippen molar-refractivity contribution >= 4 is 0 Å². The topological polar surface area (TPSA) is 27.7 Å². The van der Waals surface area contributed by atoms with Crippen molar-refractivity contribution in [1.82, 2.24) is 0 Å². The van der Waals surface area contributed by atoms with Crippen LogP contribution in [-0.2, 0) is 0 Å². The van der Waals surface area contributed by atoms with E-state index < -0.39 is 0 Å². The van der Waals surface area contributed by atoms with Crippen LogP contribution in [0.4, 0.5) is 0 Å². The van der Waals surface area contributed by atoms with Crippen molar-refractivity contribution in [3.05, 3.63) is 53.6 Å². The molecule has 0 radical (unpaired) electrons. The molecule has 0 heterocycles. The summed E-state index contributed by atoms with van der Waals surface area (Å²) in [5.74, 6) is 2.57. The van der Waals surface area contributed by atoms with Gasteiger partial charge in [-0.15, -0.1) is 0 Å². The van der Waals surface area contributed by atoms with E-state index in [1.807, 2.05) is 30.3 Å². The third-order valence-electron chi connectivity index (χ3n) is 3.19. The Kier molecular flexibility index (Phi) is 5.50. The van der Waals surface area contributed by atoms with Crippen molar-refractivity contribution in [3.63, 3.8) is 0 Å². The predicted molar refractivity (Wildman–Crippen MR) is 84.5 cm³/mol. The zero-order valence-electron chi connectivity index (χ0n) is 12.9. The van der Waals surface area contributed by atoms with E-state index in [1.54, 1.807) is 7.11 Å². The molecule has 0 aliphatic carbocycles. The second-order valence-electron chi connectivity index (χ2n) is 5.00. The van der Waals surface area contributed by atoms with Gasteiger partial charge in [-0.2, -0.15) is 0 Å². The van der Waals surface area contributed by atoms with E-state index >= 15 is 0 Å². The number of benzene rings is 2. The lowest BCUT2D eigenvalue weighted by Gasteiger charge is -2.11. The number of aryl methyl sites for hydroxylation is 2. The minimum Gasteiger partial charge on any atom is -0.497 e. The molecule has 0 unspecified atom stereocenters. The highest BCUT2D eigenvalue weighted by Gasteiger charge is 2.00. The third-order valence-corrected chi connectivity index (χ3v) is 3.19. The van der Waals surface area contributed by atoms with Crippen LogP contribution < -0.4 is 14.2 Å². The van der Waals surface area contributed by atoms with Gasteiger partial charge >= 0.3 is 0 Å². The van der Waals surface area contributed by atoms with Crippen LogP contribution in [0.2, 0.25) is 0 Å². The first-order valence-corrected chi connectivity index (χ1v) is 7.16. The van der Waals surface area contributed by atoms with Gasteiger partial charge in [0.1, 0.15) is 17.2 Å². The van der Waals surface area contributed by atoms with E-state index in [-0.39, 0.29) is 0 Å². The Bertz CT molecular complexity index is 578. The first kappa shape index (κ1) is 15.2. The monoisotopic (exact) mass is 286 g/mol. The van der Waals surface area contributed by atoms with Crippen molar-refractivity contribution in [2.45, 2.75) is 20.3 Å². The van der Waals surface area contributed by atoms with Gasteiger partial charge in [-0.05, 0) is 37.6 Å². The predicted octanol–water partition coefficient (Wildman–Crippen LogP) is 4.16. The van der Waals surface area contributed by atoms with Gasteiger partial charge in [0.2, 0.25) is 0 Å². The van der Waals surface area contributed by atoms with E-state index in [4.69, 9.17) is 14.2 Å². The second kappa shape index (κ2) is 7.58. The van der Waals surface area contributed by atoms with Gasteiger partial charge < -0.3 is 14.2 Å². The molecule has 2 aromatic carbocycles. The molecule has 0 N–H and O–H groups in total. The average Bonchev–Trinajstić information content (AvgIpc) is 2.49. The van der Waals surface area contributed by atoms with Gasteiger partial charge in [0.25, 0.3) is 0 Å². The van der Waals surface area contributed by atoms with Crippen LogP contribution >= 0.6 is 0 Å². The van der Waals surface area contributed by atoms with Crippen molar-refractivity contribution < 1.29 is 14.2 Å². The summed E-state index contributed by atoms with van der Waals surface area (Å²) in [7, 11) is 1.65. The van der Waals surface area contributed by atoms with E-state index in [2.05, 4.69) is 26.0 Å². The van der Waals surface area contributed by atoms with Crippen molar-refractivity contribution in [2.75, 3.05) is 20.3 Å². The van der Waals surface area contributed by atoms with Crippen LogP contribution in [0.25, 0.3) is 0 Å². The maximum atomic E-state index is 5.77. The van der Waals surface area contributed by atoms with Crippen LogP contribution in [0.1, 0.15) is 17.5 Å². The maximum Gasteiger partial charge on any atom is 0.122 e. The minimum absolute atomic E-state index is 0.623. The second-order valence-corrected chi connectivity index (χ2v) is 5.00. The van der Waals surface area contributed by atoms with E-state index in [1.165, 1.54) is 11.1 Å². The van der Waals surface area contributed by atoms with Crippen LogP contribution in [0.3, 0.4) is 0 Å². The van der Waals surface area contributed by atoms with Crippen LogP contribution in [0.15, 0.2) is 42.5 Å². The summed E-state index contributed by atoms with van der Waals surface area (Å²) in [5.41, 5.74) is 2.42. The number of methoxy groups -OCH3 is 1. The van der Waals surface area contributed by atoms with Gasteiger partial charge in [-0.25, -0.2) is 0 Å². The number of hydrogen-bond acceptors (Lipinski definition) is 3. The molecule has 0 amide bonds. The van der Waals surface area contributed by atoms with Crippen LogP contribution in [-0.4, -0.2) is 20.3 Å². The van der Waals surface area contributed by atoms with Crippen LogP contribution in [0, 0.1) is 13.8 Å². The van der Waals surface area contributed by atoms with E-state index in [9.17, 15) is 0 Å². The number of hydrogen-bond donors (Lipinski definition) is 0. The average molecular weight is 286 g/mol.